The van der Waals surface area contributed by atoms with Crippen molar-refractivity contribution < 1.29 is 14.3 Å². The molecule has 0 fully saturated rings. The molecule has 0 radical (unpaired) electrons. The molecule has 1 heterocycles. The Morgan fingerprint density at radius 1 is 1.30 bits per heavy atom. The Balaban J connectivity index is 1.51. The number of ether oxygens (including phenoxy) is 1. The molecule has 27 heavy (non-hydrogen) atoms. The van der Waals surface area contributed by atoms with Gasteiger partial charge in [0.1, 0.15) is 17.4 Å². The largest absolute Gasteiger partial charge is 0.492 e. The molecule has 0 saturated heterocycles. The lowest BCUT2D eigenvalue weighted by molar-refractivity contribution is -0.117. The number of anilines is 1. The first-order valence-electron chi connectivity index (χ1n) is 9.07. The van der Waals surface area contributed by atoms with Crippen LogP contribution < -0.4 is 15.8 Å². The molecule has 2 amide bonds. The number of benzene rings is 1. The van der Waals surface area contributed by atoms with Crippen LogP contribution in [0.4, 0.5) is 5.00 Å². The molecule has 6 nitrogen and oxygen atoms in total. The number of aryl methyl sites for hydroxylation is 2. The van der Waals surface area contributed by atoms with Crippen molar-refractivity contribution in [2.75, 3.05) is 32.1 Å². The molecule has 0 spiro atoms. The molecule has 3 rings (SSSR count). The van der Waals surface area contributed by atoms with E-state index in [2.05, 4.69) is 5.32 Å². The summed E-state index contributed by atoms with van der Waals surface area (Å²) in [5.74, 6) is 0.232. The number of hydrogen-bond donors (Lipinski definition) is 2. The summed E-state index contributed by atoms with van der Waals surface area (Å²) in [6, 6.07) is 7.85. The fourth-order valence-corrected chi connectivity index (χ4v) is 4.58. The summed E-state index contributed by atoms with van der Waals surface area (Å²) in [5, 5.41) is 3.45. The van der Waals surface area contributed by atoms with E-state index in [1.54, 1.807) is 0 Å². The summed E-state index contributed by atoms with van der Waals surface area (Å²) < 4.78 is 5.77. The number of primary amides is 1. The Labute approximate surface area is 163 Å². The lowest BCUT2D eigenvalue weighted by Crippen LogP contribution is -2.33. The molecular formula is C20H25N3O3S. The molecular weight excluding hydrogens is 362 g/mol. The number of carbonyl (C=O) groups is 2. The lowest BCUT2D eigenvalue weighted by Gasteiger charge is -2.17. The highest BCUT2D eigenvalue weighted by Gasteiger charge is 2.26. The van der Waals surface area contributed by atoms with Crippen molar-refractivity contribution in [3.05, 3.63) is 45.8 Å². The fourth-order valence-electron chi connectivity index (χ4n) is 3.27. The van der Waals surface area contributed by atoms with Crippen LogP contribution in [-0.4, -0.2) is 43.5 Å². The van der Waals surface area contributed by atoms with Crippen LogP contribution in [0.3, 0.4) is 0 Å². The average molecular weight is 388 g/mol. The highest BCUT2D eigenvalue weighted by Crippen LogP contribution is 2.38. The van der Waals surface area contributed by atoms with Gasteiger partial charge in [-0.2, -0.15) is 0 Å². The maximum Gasteiger partial charge on any atom is 0.251 e. The lowest BCUT2D eigenvalue weighted by atomic mass is 10.1. The predicted octanol–water partition coefficient (Wildman–Crippen LogP) is 2.59. The highest BCUT2D eigenvalue weighted by atomic mass is 32.1. The molecule has 7 heteroatoms. The first-order valence-corrected chi connectivity index (χ1v) is 9.88. The maximum absolute atomic E-state index is 12.4. The SMILES string of the molecule is Cc1ccccc1OCCN(C)CC(=O)Nc1sc2c(c1C(N)=O)CCC2. The summed E-state index contributed by atoms with van der Waals surface area (Å²) in [4.78, 5) is 27.2. The number of nitrogens with two attached hydrogens (primary N) is 1. The number of fused-ring (bicyclic) bond motifs is 1. The van der Waals surface area contributed by atoms with Crippen LogP contribution in [0.15, 0.2) is 24.3 Å². The standard InChI is InChI=1S/C20H25N3O3S/c1-13-6-3-4-8-15(13)26-11-10-23(2)12-17(24)22-20-18(19(21)25)14-7-5-9-16(14)27-20/h3-4,6,8H,5,7,9-12H2,1-2H3,(H2,21,25)(H,22,24). The minimum atomic E-state index is -0.468. The van der Waals surface area contributed by atoms with E-state index in [4.69, 9.17) is 10.5 Å². The van der Waals surface area contributed by atoms with E-state index < -0.39 is 5.91 Å². The van der Waals surface area contributed by atoms with E-state index in [-0.39, 0.29) is 12.5 Å². The van der Waals surface area contributed by atoms with Crippen LogP contribution in [0.25, 0.3) is 0 Å². The predicted molar refractivity (Wildman–Crippen MR) is 108 cm³/mol. The summed E-state index contributed by atoms with van der Waals surface area (Å²) in [5.41, 5.74) is 8.13. The van der Waals surface area contributed by atoms with Gasteiger partial charge in [0.15, 0.2) is 0 Å². The second-order valence-electron chi connectivity index (χ2n) is 6.83. The topological polar surface area (TPSA) is 84.7 Å². The zero-order chi connectivity index (χ0) is 19.4. The molecule has 0 bridgehead atoms. The molecule has 1 aromatic carbocycles. The van der Waals surface area contributed by atoms with Crippen LogP contribution in [0.2, 0.25) is 0 Å². The smallest absolute Gasteiger partial charge is 0.251 e. The van der Waals surface area contributed by atoms with Crippen molar-refractivity contribution in [1.29, 1.82) is 0 Å². The monoisotopic (exact) mass is 387 g/mol. The molecule has 144 valence electrons. The number of rotatable bonds is 8. The third-order valence-electron chi connectivity index (χ3n) is 4.66. The van der Waals surface area contributed by atoms with Crippen molar-refractivity contribution >= 4 is 28.2 Å². The first kappa shape index (κ1) is 19.4. The minimum absolute atomic E-state index is 0.157. The summed E-state index contributed by atoms with van der Waals surface area (Å²) in [7, 11) is 1.87. The summed E-state index contributed by atoms with van der Waals surface area (Å²) in [6.45, 7) is 3.33. The summed E-state index contributed by atoms with van der Waals surface area (Å²) in [6.07, 6.45) is 2.85. The number of nitrogens with zero attached hydrogens (tertiary/aromatic N) is 1. The number of carbonyl (C=O) groups excluding carboxylic acids is 2. The van der Waals surface area contributed by atoms with E-state index in [0.717, 1.165) is 36.1 Å². The Hall–Kier alpha value is -2.38. The molecule has 1 aliphatic rings. The second kappa shape index (κ2) is 8.54. The molecule has 2 aromatic rings. The van der Waals surface area contributed by atoms with E-state index in [0.29, 0.717) is 23.7 Å². The number of likely N-dealkylation sites (N-methyl/N-ethyl adjacent to an activating group) is 1. The van der Waals surface area contributed by atoms with Crippen LogP contribution >= 0.6 is 11.3 Å². The third kappa shape index (κ3) is 4.67. The van der Waals surface area contributed by atoms with Crippen molar-refractivity contribution in [3.8, 4) is 5.75 Å². The van der Waals surface area contributed by atoms with Crippen LogP contribution in [0.1, 0.15) is 32.8 Å². The Kier molecular flexibility index (Phi) is 6.13. The third-order valence-corrected chi connectivity index (χ3v) is 5.87. The van der Waals surface area contributed by atoms with E-state index in [9.17, 15) is 9.59 Å². The number of para-hydroxylation sites is 1. The zero-order valence-electron chi connectivity index (χ0n) is 15.7. The number of nitrogens with one attached hydrogen (secondary N) is 1. The quantitative estimate of drug-likeness (QED) is 0.729. The molecule has 1 aliphatic carbocycles. The fraction of sp³-hybridized carbons (Fsp3) is 0.400. The van der Waals surface area contributed by atoms with Gasteiger partial charge in [-0.1, -0.05) is 18.2 Å². The van der Waals surface area contributed by atoms with Gasteiger partial charge in [-0.05, 0) is 50.4 Å². The Morgan fingerprint density at radius 2 is 2.07 bits per heavy atom. The van der Waals surface area contributed by atoms with Gasteiger partial charge in [-0.15, -0.1) is 11.3 Å². The van der Waals surface area contributed by atoms with Crippen molar-refractivity contribution in [2.24, 2.45) is 5.73 Å². The van der Waals surface area contributed by atoms with E-state index in [1.807, 2.05) is 43.1 Å². The molecule has 0 atom stereocenters. The van der Waals surface area contributed by atoms with Crippen LogP contribution in [-0.2, 0) is 17.6 Å². The van der Waals surface area contributed by atoms with Crippen molar-refractivity contribution in [2.45, 2.75) is 26.2 Å². The Bertz CT molecular complexity index is 847. The highest BCUT2D eigenvalue weighted by molar-refractivity contribution is 7.17. The molecule has 0 saturated carbocycles. The van der Waals surface area contributed by atoms with Crippen molar-refractivity contribution in [1.82, 2.24) is 4.90 Å². The zero-order valence-corrected chi connectivity index (χ0v) is 16.5. The Morgan fingerprint density at radius 3 is 2.81 bits per heavy atom. The van der Waals surface area contributed by atoms with E-state index >= 15 is 0 Å². The van der Waals surface area contributed by atoms with Gasteiger partial charge in [0, 0.05) is 11.4 Å². The van der Waals surface area contributed by atoms with Gasteiger partial charge in [0.25, 0.3) is 5.91 Å². The maximum atomic E-state index is 12.4. The molecule has 3 N–H and O–H groups in total. The number of amides is 2. The van der Waals surface area contributed by atoms with Gasteiger partial charge in [0.2, 0.25) is 5.91 Å². The summed E-state index contributed by atoms with van der Waals surface area (Å²) >= 11 is 1.47. The number of hydrogen-bond acceptors (Lipinski definition) is 5. The average Bonchev–Trinajstić information content (AvgIpc) is 3.16. The van der Waals surface area contributed by atoms with Gasteiger partial charge in [-0.25, -0.2) is 0 Å². The molecule has 1 aromatic heterocycles. The van der Waals surface area contributed by atoms with Crippen LogP contribution in [0.5, 0.6) is 5.75 Å². The number of thiophene rings is 1. The first-order chi connectivity index (χ1) is 13.0. The van der Waals surface area contributed by atoms with Crippen molar-refractivity contribution in [3.63, 3.8) is 0 Å². The normalized spacial score (nSPS) is 12.9. The van der Waals surface area contributed by atoms with Gasteiger partial charge in [-0.3, -0.25) is 14.5 Å². The van der Waals surface area contributed by atoms with Crippen LogP contribution in [0, 0.1) is 6.92 Å². The second-order valence-corrected chi connectivity index (χ2v) is 7.93. The van der Waals surface area contributed by atoms with E-state index in [1.165, 1.54) is 16.2 Å². The van der Waals surface area contributed by atoms with Gasteiger partial charge in [0.05, 0.1) is 12.1 Å². The molecule has 0 unspecified atom stereocenters. The van der Waals surface area contributed by atoms with Gasteiger partial charge >= 0.3 is 0 Å². The van der Waals surface area contributed by atoms with Gasteiger partial charge < -0.3 is 15.8 Å². The minimum Gasteiger partial charge on any atom is -0.492 e. The molecule has 0 aliphatic heterocycles.